The molecule has 0 radical (unpaired) electrons. The lowest BCUT2D eigenvalue weighted by Crippen LogP contribution is -2.50. The van der Waals surface area contributed by atoms with Gasteiger partial charge in [0.25, 0.3) is 0 Å². The molecule has 3 rings (SSSR count). The molecule has 1 N–H and O–H groups in total. The van der Waals surface area contributed by atoms with E-state index in [1.807, 2.05) is 44.2 Å². The maximum Gasteiger partial charge on any atom is 0.242 e. The Kier molecular flexibility index (Phi) is 4.92. The highest BCUT2D eigenvalue weighted by molar-refractivity contribution is 6.30. The third-order valence-electron chi connectivity index (χ3n) is 4.52. The minimum absolute atomic E-state index is 0.0435. The van der Waals surface area contributed by atoms with Crippen molar-refractivity contribution in [1.82, 2.24) is 15.1 Å². The van der Waals surface area contributed by atoms with Crippen LogP contribution in [0.15, 0.2) is 30.3 Å². The number of hydrogen-bond acceptors (Lipinski definition) is 3. The van der Waals surface area contributed by atoms with Crippen LogP contribution in [0.25, 0.3) is 0 Å². The molecule has 0 aliphatic carbocycles. The fraction of sp³-hybridized carbons (Fsp3) is 0.444. The van der Waals surface area contributed by atoms with Gasteiger partial charge in [-0.05, 0) is 50.5 Å². The first-order valence-corrected chi connectivity index (χ1v) is 8.52. The minimum atomic E-state index is -0.407. The molecule has 1 aliphatic heterocycles. The first-order valence-electron chi connectivity index (χ1n) is 8.14. The molecule has 24 heavy (non-hydrogen) atoms. The summed E-state index contributed by atoms with van der Waals surface area (Å²) in [6, 6.07) is 9.66. The highest BCUT2D eigenvalue weighted by atomic mass is 35.5. The Bertz CT molecular complexity index is 718. The van der Waals surface area contributed by atoms with Crippen molar-refractivity contribution in [3.8, 4) is 0 Å². The Balaban J connectivity index is 1.80. The zero-order valence-corrected chi connectivity index (χ0v) is 14.8. The van der Waals surface area contributed by atoms with Gasteiger partial charge in [0.2, 0.25) is 5.91 Å². The summed E-state index contributed by atoms with van der Waals surface area (Å²) in [5, 5.41) is 8.28. The van der Waals surface area contributed by atoms with E-state index < -0.39 is 5.54 Å². The molecule has 1 aromatic heterocycles. The minimum Gasteiger partial charge on any atom is -0.381 e. The SMILES string of the molecule is Cc1cc(C)n(CC(=O)NC2(c3ccc(Cl)cc3)CCOCC2)n1. The van der Waals surface area contributed by atoms with Crippen LogP contribution in [0.1, 0.15) is 29.8 Å². The van der Waals surface area contributed by atoms with Crippen molar-refractivity contribution in [3.05, 3.63) is 52.3 Å². The molecule has 0 saturated carbocycles. The maximum atomic E-state index is 12.6. The van der Waals surface area contributed by atoms with E-state index in [0.29, 0.717) is 18.2 Å². The Morgan fingerprint density at radius 1 is 1.29 bits per heavy atom. The first-order chi connectivity index (χ1) is 11.5. The molecule has 128 valence electrons. The number of aryl methyl sites for hydroxylation is 2. The highest BCUT2D eigenvalue weighted by Gasteiger charge is 2.36. The third kappa shape index (κ3) is 3.62. The topological polar surface area (TPSA) is 56.2 Å². The average molecular weight is 348 g/mol. The van der Waals surface area contributed by atoms with Crippen LogP contribution in [0.3, 0.4) is 0 Å². The fourth-order valence-corrected chi connectivity index (χ4v) is 3.38. The van der Waals surface area contributed by atoms with E-state index in [4.69, 9.17) is 16.3 Å². The number of nitrogens with one attached hydrogen (secondary N) is 1. The highest BCUT2D eigenvalue weighted by Crippen LogP contribution is 2.32. The van der Waals surface area contributed by atoms with Crippen molar-refractivity contribution in [2.45, 2.75) is 38.8 Å². The molecular weight excluding hydrogens is 326 g/mol. The van der Waals surface area contributed by atoms with Crippen LogP contribution in [0.5, 0.6) is 0 Å². The quantitative estimate of drug-likeness (QED) is 0.925. The number of carbonyl (C=O) groups is 1. The molecule has 1 fully saturated rings. The van der Waals surface area contributed by atoms with Crippen molar-refractivity contribution in [3.63, 3.8) is 0 Å². The van der Waals surface area contributed by atoms with Crippen LogP contribution in [0.2, 0.25) is 5.02 Å². The molecule has 0 unspecified atom stereocenters. The Hall–Kier alpha value is -1.85. The van der Waals surface area contributed by atoms with Crippen molar-refractivity contribution in [2.75, 3.05) is 13.2 Å². The average Bonchev–Trinajstić information content (AvgIpc) is 2.86. The van der Waals surface area contributed by atoms with Crippen LogP contribution in [-0.2, 0) is 21.6 Å². The lowest BCUT2D eigenvalue weighted by molar-refractivity contribution is -0.125. The van der Waals surface area contributed by atoms with E-state index in [0.717, 1.165) is 29.8 Å². The third-order valence-corrected chi connectivity index (χ3v) is 4.77. The van der Waals surface area contributed by atoms with Crippen LogP contribution in [0.4, 0.5) is 0 Å². The molecule has 6 heteroatoms. The van der Waals surface area contributed by atoms with E-state index in [1.54, 1.807) is 4.68 Å². The van der Waals surface area contributed by atoms with Gasteiger partial charge in [-0.1, -0.05) is 23.7 Å². The molecule has 2 heterocycles. The lowest BCUT2D eigenvalue weighted by Gasteiger charge is -2.38. The lowest BCUT2D eigenvalue weighted by atomic mass is 9.82. The number of nitrogens with zero attached hydrogens (tertiary/aromatic N) is 2. The molecule has 1 aliphatic rings. The van der Waals surface area contributed by atoms with Gasteiger partial charge in [-0.25, -0.2) is 0 Å². The molecule has 1 aromatic carbocycles. The Labute approximate surface area is 147 Å². The fourth-order valence-electron chi connectivity index (χ4n) is 3.25. The summed E-state index contributed by atoms with van der Waals surface area (Å²) >= 11 is 6.01. The predicted molar refractivity (Wildman–Crippen MR) is 93.0 cm³/mol. The number of hydrogen-bond donors (Lipinski definition) is 1. The van der Waals surface area contributed by atoms with Crippen LogP contribution in [0, 0.1) is 13.8 Å². The number of carbonyl (C=O) groups excluding carboxylic acids is 1. The Morgan fingerprint density at radius 3 is 2.54 bits per heavy atom. The second kappa shape index (κ2) is 6.95. The number of benzene rings is 1. The van der Waals surface area contributed by atoms with Gasteiger partial charge in [0, 0.05) is 23.9 Å². The molecule has 1 amide bonds. The van der Waals surface area contributed by atoms with Crippen molar-refractivity contribution in [2.24, 2.45) is 0 Å². The van der Waals surface area contributed by atoms with Gasteiger partial charge < -0.3 is 10.1 Å². The first kappa shape index (κ1) is 17.0. The van der Waals surface area contributed by atoms with E-state index in [1.165, 1.54) is 0 Å². The standard InChI is InChI=1S/C18H22ClN3O2/c1-13-11-14(2)22(21-13)12-17(23)20-18(7-9-24-10-8-18)15-3-5-16(19)6-4-15/h3-6,11H,7-10,12H2,1-2H3,(H,20,23). The van der Waals surface area contributed by atoms with Gasteiger partial charge in [-0.15, -0.1) is 0 Å². The number of amides is 1. The van der Waals surface area contributed by atoms with Crippen LogP contribution in [-0.4, -0.2) is 28.9 Å². The second-order valence-electron chi connectivity index (χ2n) is 6.33. The molecule has 0 atom stereocenters. The summed E-state index contributed by atoms with van der Waals surface area (Å²) in [6.45, 7) is 5.35. The maximum absolute atomic E-state index is 12.6. The predicted octanol–water partition coefficient (Wildman–Crippen LogP) is 2.98. The van der Waals surface area contributed by atoms with Gasteiger partial charge in [0.05, 0.1) is 11.2 Å². The molecule has 2 aromatic rings. The van der Waals surface area contributed by atoms with Gasteiger partial charge in [-0.2, -0.15) is 5.10 Å². The molecular formula is C18H22ClN3O2. The normalized spacial score (nSPS) is 16.8. The molecule has 5 nitrogen and oxygen atoms in total. The van der Waals surface area contributed by atoms with Gasteiger partial charge >= 0.3 is 0 Å². The number of rotatable bonds is 4. The Morgan fingerprint density at radius 2 is 1.96 bits per heavy atom. The molecule has 1 saturated heterocycles. The summed E-state index contributed by atoms with van der Waals surface area (Å²) < 4.78 is 7.23. The van der Waals surface area contributed by atoms with E-state index in [2.05, 4.69) is 10.4 Å². The summed E-state index contributed by atoms with van der Waals surface area (Å²) in [5.74, 6) is -0.0435. The van der Waals surface area contributed by atoms with Gasteiger partial charge in [0.15, 0.2) is 0 Å². The summed E-state index contributed by atoms with van der Waals surface area (Å²) in [5.41, 5.74) is 2.56. The van der Waals surface area contributed by atoms with Gasteiger partial charge in [-0.3, -0.25) is 9.48 Å². The molecule has 0 spiro atoms. The van der Waals surface area contributed by atoms with Crippen LogP contribution >= 0.6 is 11.6 Å². The van der Waals surface area contributed by atoms with E-state index >= 15 is 0 Å². The number of halogens is 1. The van der Waals surface area contributed by atoms with E-state index in [-0.39, 0.29) is 12.5 Å². The number of ether oxygens (including phenoxy) is 1. The van der Waals surface area contributed by atoms with Crippen molar-refractivity contribution < 1.29 is 9.53 Å². The zero-order chi connectivity index (χ0) is 17.2. The second-order valence-corrected chi connectivity index (χ2v) is 6.77. The van der Waals surface area contributed by atoms with Crippen molar-refractivity contribution in [1.29, 1.82) is 0 Å². The molecule has 0 bridgehead atoms. The largest absolute Gasteiger partial charge is 0.381 e. The summed E-state index contributed by atoms with van der Waals surface area (Å²) in [6.07, 6.45) is 1.50. The van der Waals surface area contributed by atoms with Gasteiger partial charge in [0.1, 0.15) is 6.54 Å². The smallest absolute Gasteiger partial charge is 0.242 e. The number of aromatic nitrogens is 2. The van der Waals surface area contributed by atoms with Crippen molar-refractivity contribution >= 4 is 17.5 Å². The van der Waals surface area contributed by atoms with E-state index in [9.17, 15) is 4.79 Å². The van der Waals surface area contributed by atoms with Crippen LogP contribution < -0.4 is 5.32 Å². The monoisotopic (exact) mass is 347 g/mol. The summed E-state index contributed by atoms with van der Waals surface area (Å²) in [7, 11) is 0. The summed E-state index contributed by atoms with van der Waals surface area (Å²) in [4.78, 5) is 12.6. The zero-order valence-electron chi connectivity index (χ0n) is 14.0.